The molecule has 6 heteroatoms. The number of rotatable bonds is 9. The number of carbonyl (C=O) groups excluding carboxylic acids is 1. The van der Waals surface area contributed by atoms with Gasteiger partial charge in [0.2, 0.25) is 0 Å². The third kappa shape index (κ3) is 12.2. The number of ketones is 1. The fourth-order valence-corrected chi connectivity index (χ4v) is 7.67. The Labute approximate surface area is 332 Å². The summed E-state index contributed by atoms with van der Waals surface area (Å²) in [4.78, 5) is 16.1. The van der Waals surface area contributed by atoms with Gasteiger partial charge in [-0.15, -0.1) is 0 Å². The predicted octanol–water partition coefficient (Wildman–Crippen LogP) is 12.5. The summed E-state index contributed by atoms with van der Waals surface area (Å²) in [6.45, 7) is 21.6. The molecule has 5 nitrogen and oxygen atoms in total. The largest absolute Gasteiger partial charge is 0.456 e. The Morgan fingerprint density at radius 2 is 1.44 bits per heavy atom. The lowest BCUT2D eigenvalue weighted by molar-refractivity contribution is 0.102. The first kappa shape index (κ1) is 43.6. The van der Waals surface area contributed by atoms with Gasteiger partial charge in [0, 0.05) is 53.3 Å². The van der Waals surface area contributed by atoms with Crippen molar-refractivity contribution < 1.29 is 13.9 Å². The molecule has 2 aliphatic heterocycles. The topological polar surface area (TPSA) is 67.6 Å². The van der Waals surface area contributed by atoms with Crippen LogP contribution in [0, 0.1) is 19.7 Å². The second-order valence-corrected chi connectivity index (χ2v) is 15.5. The molecule has 2 fully saturated rings. The van der Waals surface area contributed by atoms with Gasteiger partial charge in [-0.2, -0.15) is 0 Å². The van der Waals surface area contributed by atoms with Crippen LogP contribution in [-0.2, 0) is 12.8 Å². The van der Waals surface area contributed by atoms with Gasteiger partial charge in [0.1, 0.15) is 17.3 Å². The maximum atomic E-state index is 15.2. The minimum absolute atomic E-state index is 0.191. The zero-order valence-electron chi connectivity index (χ0n) is 34.7. The second kappa shape index (κ2) is 22.4. The van der Waals surface area contributed by atoms with E-state index in [0.717, 1.165) is 68.7 Å². The maximum Gasteiger partial charge on any atom is 0.195 e. The molecule has 0 atom stereocenters. The molecule has 55 heavy (non-hydrogen) atoms. The zero-order chi connectivity index (χ0) is 39.7. The molecule has 1 saturated heterocycles. The van der Waals surface area contributed by atoms with Crippen molar-refractivity contribution in [2.24, 2.45) is 5.73 Å². The van der Waals surface area contributed by atoms with Gasteiger partial charge in [0.25, 0.3) is 0 Å². The van der Waals surface area contributed by atoms with E-state index in [1.807, 2.05) is 13.0 Å². The smallest absolute Gasteiger partial charge is 0.195 e. The van der Waals surface area contributed by atoms with Gasteiger partial charge in [-0.1, -0.05) is 128 Å². The van der Waals surface area contributed by atoms with Gasteiger partial charge in [-0.05, 0) is 98.9 Å². The van der Waals surface area contributed by atoms with Gasteiger partial charge in [0.05, 0.1) is 0 Å². The Hall–Kier alpha value is -4.16. The second-order valence-electron chi connectivity index (χ2n) is 15.5. The van der Waals surface area contributed by atoms with E-state index in [9.17, 15) is 4.79 Å². The standard InChI is InChI=1S/C32H30FNO2.C6H14N2.C6H14.C5H10/c1-19-27-17-29(33)20(2)32(19)36-30-18-28-24(15-22-9-5-6-10-26(22)28)16-23(30)11-12-25(31(27)35)21(3)34-13-7-4-8-14-34;1-3-4-8-5-6(2)7;1-3-5-6-4-2;1-2-4-5-3-1/h5-6,9-10,12,16-18H,3-4,7-8,11,13-15H2,1-2H3;8H,2-5,7H2,1H3;3-6H2,1-2H3;1-5H2/b25-12-;;;. The molecule has 0 radical (unpaired) electrons. The minimum atomic E-state index is -0.435. The number of allylic oxidation sites excluding steroid dienone is 2. The van der Waals surface area contributed by atoms with Gasteiger partial charge in [-0.3, -0.25) is 4.79 Å². The number of fused-ring (bicyclic) bond motifs is 6. The average molecular weight is 750 g/mol. The molecule has 3 aromatic carbocycles. The van der Waals surface area contributed by atoms with E-state index in [1.54, 1.807) is 6.92 Å². The highest BCUT2D eigenvalue weighted by molar-refractivity contribution is 6.12. The first-order valence-corrected chi connectivity index (χ1v) is 21.2. The van der Waals surface area contributed by atoms with Crippen LogP contribution in [-0.4, -0.2) is 36.9 Å². The van der Waals surface area contributed by atoms with Gasteiger partial charge < -0.3 is 20.7 Å². The Bertz CT molecular complexity index is 1770. The van der Waals surface area contributed by atoms with Crippen molar-refractivity contribution in [3.63, 3.8) is 0 Å². The monoisotopic (exact) mass is 750 g/mol. The number of piperidine rings is 1. The van der Waals surface area contributed by atoms with Crippen LogP contribution in [0.3, 0.4) is 0 Å². The zero-order valence-corrected chi connectivity index (χ0v) is 34.7. The summed E-state index contributed by atoms with van der Waals surface area (Å²) in [5.41, 5.74) is 14.6. The number of benzene rings is 3. The molecule has 2 aliphatic carbocycles. The van der Waals surface area contributed by atoms with E-state index in [4.69, 9.17) is 10.5 Å². The summed E-state index contributed by atoms with van der Waals surface area (Å²) < 4.78 is 21.6. The molecule has 0 amide bonds. The van der Waals surface area contributed by atoms with Crippen LogP contribution in [0.2, 0.25) is 0 Å². The Balaban J connectivity index is 0.000000291. The fraction of sp³-hybridized carbons (Fsp3) is 0.490. The highest BCUT2D eigenvalue weighted by Crippen LogP contribution is 2.43. The normalized spacial score (nSPS) is 16.2. The lowest BCUT2D eigenvalue weighted by atomic mass is 9.91. The first-order chi connectivity index (χ1) is 26.6. The Kier molecular flexibility index (Phi) is 17.7. The minimum Gasteiger partial charge on any atom is -0.456 e. The van der Waals surface area contributed by atoms with Crippen LogP contribution in [0.25, 0.3) is 11.1 Å². The molecule has 2 bridgehead atoms. The van der Waals surface area contributed by atoms with Crippen molar-refractivity contribution in [1.82, 2.24) is 10.2 Å². The first-order valence-electron chi connectivity index (χ1n) is 21.2. The number of carbonyl (C=O) groups is 1. The molecule has 4 aliphatic rings. The maximum absolute atomic E-state index is 15.2. The van der Waals surface area contributed by atoms with Crippen molar-refractivity contribution in [3.05, 3.63) is 118 Å². The fourth-order valence-electron chi connectivity index (χ4n) is 7.67. The van der Waals surface area contributed by atoms with E-state index < -0.39 is 5.82 Å². The van der Waals surface area contributed by atoms with Crippen molar-refractivity contribution in [1.29, 1.82) is 0 Å². The summed E-state index contributed by atoms with van der Waals surface area (Å²) in [5, 5.41) is 3.11. The molecular formula is C49H68FN3O2. The van der Waals surface area contributed by atoms with E-state index in [-0.39, 0.29) is 5.78 Å². The van der Waals surface area contributed by atoms with Crippen LogP contribution in [0.5, 0.6) is 11.5 Å². The van der Waals surface area contributed by atoms with Crippen LogP contribution in [0.1, 0.15) is 142 Å². The van der Waals surface area contributed by atoms with Crippen LogP contribution in [0.4, 0.5) is 4.39 Å². The summed E-state index contributed by atoms with van der Waals surface area (Å²) in [7, 11) is 0. The quantitative estimate of drug-likeness (QED) is 0.167. The van der Waals surface area contributed by atoms with Crippen molar-refractivity contribution >= 4 is 5.78 Å². The predicted molar refractivity (Wildman–Crippen MR) is 231 cm³/mol. The number of nitrogens with zero attached hydrogens (tertiary/aromatic N) is 1. The highest BCUT2D eigenvalue weighted by atomic mass is 19.1. The molecule has 7 rings (SSSR count). The van der Waals surface area contributed by atoms with E-state index in [1.165, 1.54) is 87.0 Å². The molecule has 1 saturated carbocycles. The summed E-state index contributed by atoms with van der Waals surface area (Å²) in [6.07, 6.45) is 20.9. The van der Waals surface area contributed by atoms with Gasteiger partial charge >= 0.3 is 0 Å². The highest BCUT2D eigenvalue weighted by Gasteiger charge is 2.28. The summed E-state index contributed by atoms with van der Waals surface area (Å²) in [6, 6.07) is 14.1. The van der Waals surface area contributed by atoms with Crippen LogP contribution < -0.4 is 15.8 Å². The lowest BCUT2D eigenvalue weighted by Crippen LogP contribution is -2.31. The Morgan fingerprint density at radius 3 is 2.05 bits per heavy atom. The number of hydrogen-bond donors (Lipinski definition) is 2. The van der Waals surface area contributed by atoms with Gasteiger partial charge in [0.15, 0.2) is 5.78 Å². The van der Waals surface area contributed by atoms with Gasteiger partial charge in [-0.25, -0.2) is 4.39 Å². The van der Waals surface area contributed by atoms with E-state index in [0.29, 0.717) is 45.9 Å². The average Bonchev–Trinajstić information content (AvgIpc) is 3.90. The number of nitrogens with one attached hydrogen (secondary N) is 1. The van der Waals surface area contributed by atoms with E-state index >= 15 is 4.39 Å². The molecule has 0 unspecified atom stereocenters. The number of Topliss-reactive ketones (excluding diaryl/α,β-unsaturated/α-hetero) is 1. The molecular weight excluding hydrogens is 682 g/mol. The number of likely N-dealkylation sites (tertiary alicyclic amines) is 1. The van der Waals surface area contributed by atoms with Crippen molar-refractivity contribution in [3.8, 4) is 22.6 Å². The van der Waals surface area contributed by atoms with Crippen molar-refractivity contribution in [2.45, 2.75) is 131 Å². The third-order valence-corrected chi connectivity index (χ3v) is 11.0. The number of ether oxygens (including phenoxy) is 1. The molecule has 298 valence electrons. The SMILES string of the molecule is C1CCCC1.C=C(/C1=C/Cc2cc3c(cc2Oc2c(C)c(F)cc(c2C)C1=O)-c1ccccc1C3)N1CCCCC1.C=C(N)CNCCC.CCCCCC. The van der Waals surface area contributed by atoms with E-state index in [2.05, 4.69) is 80.5 Å². The molecule has 0 aromatic heterocycles. The number of unbranched alkanes of at least 4 members (excludes halogenated alkanes) is 3. The molecule has 2 heterocycles. The number of halogens is 1. The summed E-state index contributed by atoms with van der Waals surface area (Å²) >= 11 is 0. The molecule has 3 aromatic rings. The third-order valence-electron chi connectivity index (χ3n) is 11.0. The molecule has 0 spiro atoms. The van der Waals surface area contributed by atoms with Crippen LogP contribution >= 0.6 is 0 Å². The van der Waals surface area contributed by atoms with Crippen molar-refractivity contribution in [2.75, 3.05) is 26.2 Å². The Morgan fingerprint density at radius 1 is 0.800 bits per heavy atom. The number of nitrogens with two attached hydrogens (primary N) is 1. The number of hydrogen-bond acceptors (Lipinski definition) is 5. The molecule has 3 N–H and O–H groups in total. The summed E-state index contributed by atoms with van der Waals surface area (Å²) in [5.74, 6) is 0.511. The lowest BCUT2D eigenvalue weighted by Gasteiger charge is -2.31. The van der Waals surface area contributed by atoms with Crippen LogP contribution in [0.15, 0.2) is 78.7 Å².